The van der Waals surface area contributed by atoms with E-state index in [0.717, 1.165) is 0 Å². The van der Waals surface area contributed by atoms with E-state index in [9.17, 15) is 12.9 Å². The van der Waals surface area contributed by atoms with E-state index in [1.54, 1.807) is 0 Å². The summed E-state index contributed by atoms with van der Waals surface area (Å²) in [5, 5.41) is 14.2. The van der Waals surface area contributed by atoms with Crippen molar-refractivity contribution in [1.82, 2.24) is 0 Å². The first-order chi connectivity index (χ1) is 4.56. The number of nitrogens with zero attached hydrogens (tertiary/aromatic N) is 2. The summed E-state index contributed by atoms with van der Waals surface area (Å²) in [7, 11) is -3.17. The Bertz CT molecular complexity index is 66.8. The molecule has 0 saturated carbocycles. The molecule has 9 heteroatoms. The fourth-order valence-corrected chi connectivity index (χ4v) is 0. The van der Waals surface area contributed by atoms with Crippen molar-refractivity contribution in [3.63, 3.8) is 0 Å². The van der Waals surface area contributed by atoms with Crippen LogP contribution in [0.5, 0.6) is 0 Å². The fraction of sp³-hybridized carbons (Fsp3) is 0. The minimum atomic E-state index is -3.67. The molecule has 0 aromatic carbocycles. The first-order valence-corrected chi connectivity index (χ1v) is 1.17. The molecule has 0 amide bonds. The first kappa shape index (κ1) is 11.9. The quantitative estimate of drug-likeness (QED) is 0.526. The van der Waals surface area contributed by atoms with Crippen LogP contribution >= 0.6 is 0 Å². The molecule has 0 bridgehead atoms. The van der Waals surface area contributed by atoms with Gasteiger partial charge in [0.1, 0.15) is 0 Å². The van der Waals surface area contributed by atoms with Gasteiger partial charge >= 0.3 is 55.5 Å². The maximum absolute atomic E-state index is 9.67. The molecule has 9 heavy (non-hydrogen) atoms. The summed E-state index contributed by atoms with van der Waals surface area (Å²) in [6.07, 6.45) is 0. The zero-order valence-electron chi connectivity index (χ0n) is 6.09. The van der Waals surface area contributed by atoms with Gasteiger partial charge in [-0.05, 0) is 0 Å². The molecule has 0 fully saturated rings. The van der Waals surface area contributed by atoms with E-state index in [1.807, 2.05) is 0 Å². The zero-order valence-corrected chi connectivity index (χ0v) is 5.73. The van der Waals surface area contributed by atoms with Gasteiger partial charge in [0.15, 0.2) is 0 Å². The number of halogens is 3. The summed E-state index contributed by atoms with van der Waals surface area (Å²) < 4.78 is 40.3. The molecule has 0 aliphatic carbocycles. The fourth-order valence-electron chi connectivity index (χ4n) is 0. The molecule has 0 N–H and O–H groups in total. The second kappa shape index (κ2) is 41.4. The Morgan fingerprint density at radius 3 is 1.22 bits per heavy atom. The predicted octanol–water partition coefficient (Wildman–Crippen LogP) is 0.158. The Morgan fingerprint density at radius 2 is 1.22 bits per heavy atom. The zero-order chi connectivity index (χ0) is 8.99. The van der Waals surface area contributed by atoms with E-state index in [0.29, 0.717) is 0 Å². The van der Waals surface area contributed by atoms with Crippen LogP contribution in [0, 0.1) is 0 Å². The van der Waals surface area contributed by atoms with Crippen LogP contribution in [0.1, 0.15) is 0 Å². The normalized spacial score (nSPS) is 5.22. The van der Waals surface area contributed by atoms with Crippen LogP contribution < -0.4 is 0 Å². The van der Waals surface area contributed by atoms with Gasteiger partial charge in [0.2, 0.25) is 0 Å². The number of hydrogen-bond acceptors (Lipinski definition) is 0. The second-order valence-electron chi connectivity index (χ2n) is 0.247. The Morgan fingerprint density at radius 1 is 1.22 bits per heavy atom. The standard InChI is InChI=1S/BF3.2BHN.Rh/c2-1(3)4;2*1-2;/h;2*1H;/q;2*-1;+2/i;2*1D;. The minimum absolute atomic E-state index is 0. The van der Waals surface area contributed by atoms with Crippen LogP contribution in [-0.4, -0.2) is 25.4 Å². The van der Waals surface area contributed by atoms with Gasteiger partial charge in [-0.25, -0.2) is 0 Å². The van der Waals surface area contributed by atoms with Crippen LogP contribution in [-0.2, 0) is 19.5 Å². The predicted molar refractivity (Wildman–Crippen MR) is 30.1 cm³/mol. The van der Waals surface area contributed by atoms with Gasteiger partial charge in [-0.3, -0.25) is 12.9 Å². The summed E-state index contributed by atoms with van der Waals surface area (Å²) in [6, 6.07) is 0. The molecule has 0 aliphatic heterocycles. The van der Waals surface area contributed by atoms with Crippen molar-refractivity contribution in [1.29, 1.82) is 2.67 Å². The maximum atomic E-state index is 9.67. The molecule has 0 heterocycles. The van der Waals surface area contributed by atoms with Crippen LogP contribution in [0.4, 0.5) is 12.9 Å². The Balaban J connectivity index is -0.0000000325. The smallest absolute Gasteiger partial charge is 2.00 e. The van der Waals surface area contributed by atoms with Crippen molar-refractivity contribution in [3.05, 3.63) is 10.6 Å². The molecular weight excluding hydrogens is 220 g/mol. The van der Waals surface area contributed by atoms with Crippen molar-refractivity contribution in [2.45, 2.75) is 0 Å². The summed E-state index contributed by atoms with van der Waals surface area (Å²) >= 11 is 0. The third-order valence-corrected chi connectivity index (χ3v) is 0. The van der Waals surface area contributed by atoms with Crippen LogP contribution in [0.3, 0.4) is 0 Å². The van der Waals surface area contributed by atoms with Crippen LogP contribution in [0.15, 0.2) is 0 Å². The van der Waals surface area contributed by atoms with E-state index in [1.165, 1.54) is 0 Å². The SMILES string of the molecule is FB(F)F.[2H]B=[N-].[2H]B=[N-].[Rh+2]. The van der Waals surface area contributed by atoms with Crippen molar-refractivity contribution in [2.75, 3.05) is 0 Å². The number of hydrogen-bond donors (Lipinski definition) is 0. The van der Waals surface area contributed by atoms with Crippen molar-refractivity contribution >= 4 is 22.7 Å². The summed E-state index contributed by atoms with van der Waals surface area (Å²) in [5.74, 6) is 0. The molecule has 0 aromatic rings. The molecule has 0 atom stereocenters. The first-order valence-electron chi connectivity index (χ1n) is 2.33. The number of rotatable bonds is 0. The van der Waals surface area contributed by atoms with Crippen LogP contribution in [0.2, 0.25) is 0 Å². The van der Waals surface area contributed by atoms with Gasteiger partial charge in [-0.1, -0.05) is 0 Å². The Kier molecular flexibility index (Phi) is 55.0. The van der Waals surface area contributed by atoms with Crippen molar-refractivity contribution < 1.29 is 32.4 Å². The Labute approximate surface area is 69.1 Å². The van der Waals surface area contributed by atoms with Gasteiger partial charge in [-0.2, -0.15) is 0 Å². The molecule has 0 saturated heterocycles. The van der Waals surface area contributed by atoms with Gasteiger partial charge in [0.25, 0.3) is 0 Å². The topological polar surface area (TPSA) is 44.6 Å². The summed E-state index contributed by atoms with van der Waals surface area (Å²) in [4.78, 5) is 0. The Hall–Kier alpha value is 0.208. The van der Waals surface area contributed by atoms with Gasteiger partial charge in [-0.15, -0.1) is 0 Å². The molecule has 0 unspecified atom stereocenters. The average molecular weight is 224 g/mol. The molecule has 2 nitrogen and oxygen atoms in total. The van der Waals surface area contributed by atoms with Crippen LogP contribution in [0.25, 0.3) is 10.6 Å². The van der Waals surface area contributed by atoms with Crippen molar-refractivity contribution in [2.24, 2.45) is 0 Å². The van der Waals surface area contributed by atoms with Gasteiger partial charge in [0.05, 0.1) is 0 Å². The maximum Gasteiger partial charge on any atom is 2.00 e. The van der Waals surface area contributed by atoms with E-state index < -0.39 is 7.54 Å². The third-order valence-electron chi connectivity index (χ3n) is 0. The summed E-state index contributed by atoms with van der Waals surface area (Å²) in [5.41, 5.74) is 0. The minimum Gasteiger partial charge on any atom is 2.00 e. The molecule has 0 spiro atoms. The molecule has 0 rings (SSSR count). The molecule has 0 aliphatic rings. The average Bonchev–Trinajstić information content (AvgIpc) is 1.65. The van der Waals surface area contributed by atoms with Crippen molar-refractivity contribution in [3.8, 4) is 0 Å². The molecule has 51 valence electrons. The molecular formula is H2B3F3N2Rh. The molecule has 0 aromatic heterocycles. The third kappa shape index (κ3) is 7300. The monoisotopic (exact) mass is 225 g/mol. The van der Waals surface area contributed by atoms with E-state index >= 15 is 0 Å². The second-order valence-corrected chi connectivity index (χ2v) is 0.247. The molecule has 1 radical (unpaired) electrons. The van der Waals surface area contributed by atoms with Gasteiger partial charge in [0, 0.05) is 0 Å². The van der Waals surface area contributed by atoms with E-state index in [2.05, 4.69) is 0 Å². The largest absolute Gasteiger partial charge is 2.00 e. The summed E-state index contributed by atoms with van der Waals surface area (Å²) in [6.45, 7) is 0. The van der Waals surface area contributed by atoms with E-state index in [4.69, 9.17) is 13.3 Å². The van der Waals surface area contributed by atoms with E-state index in [-0.39, 0.29) is 34.7 Å². The van der Waals surface area contributed by atoms with Gasteiger partial charge < -0.3 is 0 Å².